The van der Waals surface area contributed by atoms with Gasteiger partial charge in [0.1, 0.15) is 6.26 Å². The van der Waals surface area contributed by atoms with Crippen LogP contribution in [0.5, 0.6) is 0 Å². The number of aliphatic hydroxyl groups is 1. The molecule has 0 aromatic carbocycles. The van der Waals surface area contributed by atoms with Crippen molar-refractivity contribution in [3.8, 4) is 11.3 Å². The van der Waals surface area contributed by atoms with E-state index in [1.807, 2.05) is 44.6 Å². The van der Waals surface area contributed by atoms with Gasteiger partial charge in [0, 0.05) is 18.8 Å². The Morgan fingerprint density at radius 3 is 2.62 bits per heavy atom. The molecule has 16 heavy (non-hydrogen) atoms. The summed E-state index contributed by atoms with van der Waals surface area (Å²) in [6.45, 7) is 9.96. The average Bonchev–Trinajstić information content (AvgIpc) is 2.73. The molecule has 0 atom stereocenters. The molecule has 2 rings (SSSR count). The van der Waals surface area contributed by atoms with Gasteiger partial charge in [-0.3, -0.25) is 0 Å². The number of aliphatic hydroxyl groups excluding tert-OH is 1. The van der Waals surface area contributed by atoms with Gasteiger partial charge in [0.15, 0.2) is 0 Å². The second kappa shape index (κ2) is 4.84. The molecule has 0 saturated carbocycles. The summed E-state index contributed by atoms with van der Waals surface area (Å²) in [6, 6.07) is 1.86. The number of rotatable bonds is 0. The lowest BCUT2D eigenvalue weighted by Crippen LogP contribution is -2.19. The molecule has 3 nitrogen and oxygen atoms in total. The summed E-state index contributed by atoms with van der Waals surface area (Å²) in [5, 5.41) is 10.3. The summed E-state index contributed by atoms with van der Waals surface area (Å²) in [4.78, 5) is 4.26. The second-order valence-electron chi connectivity index (χ2n) is 3.44. The second-order valence-corrected chi connectivity index (χ2v) is 3.44. The standard InChI is InChI=1S/C11H12N2O.C2H6/c1-7-5-13(3)8(2)11-10(7)4-9(6-14)12-11;1-2/h4-6,14H,2H2,1,3H3;1-2H3/b9-6+;. The van der Waals surface area contributed by atoms with Crippen LogP contribution in [0.3, 0.4) is 0 Å². The third-order valence-electron chi connectivity index (χ3n) is 2.43. The van der Waals surface area contributed by atoms with E-state index < -0.39 is 0 Å². The minimum Gasteiger partial charge on any atom is -0.513 e. The van der Waals surface area contributed by atoms with Gasteiger partial charge in [0.25, 0.3) is 0 Å². The first-order chi connectivity index (χ1) is 7.63. The quantitative estimate of drug-likeness (QED) is 0.729. The Hall–Kier alpha value is -1.77. The van der Waals surface area contributed by atoms with Gasteiger partial charge in [-0.2, -0.15) is 0 Å². The van der Waals surface area contributed by atoms with E-state index in [2.05, 4.69) is 11.6 Å². The van der Waals surface area contributed by atoms with Gasteiger partial charge in [-0.25, -0.2) is 4.98 Å². The van der Waals surface area contributed by atoms with E-state index in [0.717, 1.165) is 28.4 Å². The fourth-order valence-electron chi connectivity index (χ4n) is 1.63. The number of aromatic nitrogens is 2. The Morgan fingerprint density at radius 1 is 1.44 bits per heavy atom. The Morgan fingerprint density at radius 2 is 2.06 bits per heavy atom. The molecule has 0 aromatic rings. The smallest absolute Gasteiger partial charge is 0.105 e. The summed E-state index contributed by atoms with van der Waals surface area (Å²) in [5.74, 6) is 0. The van der Waals surface area contributed by atoms with E-state index in [9.17, 15) is 0 Å². The molecule has 86 valence electrons. The van der Waals surface area contributed by atoms with Gasteiger partial charge < -0.3 is 9.67 Å². The zero-order valence-corrected chi connectivity index (χ0v) is 10.3. The number of fused-ring (bicyclic) bond motifs is 1. The van der Waals surface area contributed by atoms with Crippen LogP contribution in [0.1, 0.15) is 19.4 Å². The molecular weight excluding hydrogens is 200 g/mol. The van der Waals surface area contributed by atoms with Crippen molar-refractivity contribution in [2.24, 2.45) is 7.05 Å². The van der Waals surface area contributed by atoms with Gasteiger partial charge in [-0.15, -0.1) is 0 Å². The maximum atomic E-state index is 8.88. The molecule has 0 aromatic heterocycles. The molecule has 1 N–H and O–H groups in total. The number of pyridine rings is 1. The normalized spacial score (nSPS) is 11.4. The highest BCUT2D eigenvalue weighted by molar-refractivity contribution is 5.65. The van der Waals surface area contributed by atoms with Gasteiger partial charge >= 0.3 is 0 Å². The lowest BCUT2D eigenvalue weighted by Gasteiger charge is -2.07. The highest BCUT2D eigenvalue weighted by Crippen LogP contribution is 2.16. The topological polar surface area (TPSA) is 38.1 Å². The fourth-order valence-corrected chi connectivity index (χ4v) is 1.63. The van der Waals surface area contributed by atoms with Crippen LogP contribution in [0.25, 0.3) is 24.1 Å². The summed E-state index contributed by atoms with van der Waals surface area (Å²) in [5.41, 5.74) is 3.04. The largest absolute Gasteiger partial charge is 0.513 e. The fraction of sp³-hybridized carbons (Fsp3) is 0.308. The third kappa shape index (κ3) is 1.94. The van der Waals surface area contributed by atoms with E-state index in [0.29, 0.717) is 5.35 Å². The van der Waals surface area contributed by atoms with Crippen molar-refractivity contribution >= 4 is 12.8 Å². The number of hydrogen-bond donors (Lipinski definition) is 1. The molecule has 2 aliphatic heterocycles. The van der Waals surface area contributed by atoms with Gasteiger partial charge in [-0.05, 0) is 18.6 Å². The summed E-state index contributed by atoms with van der Waals surface area (Å²) >= 11 is 0. The molecule has 0 radical (unpaired) electrons. The van der Waals surface area contributed by atoms with Gasteiger partial charge in [0.05, 0.1) is 16.4 Å². The van der Waals surface area contributed by atoms with Crippen LogP contribution in [0.2, 0.25) is 0 Å². The van der Waals surface area contributed by atoms with Crippen LogP contribution in [0, 0.1) is 6.92 Å². The minimum atomic E-state index is 0.583. The molecule has 0 amide bonds. The molecule has 2 aliphatic rings. The van der Waals surface area contributed by atoms with Crippen LogP contribution < -0.4 is 10.7 Å². The van der Waals surface area contributed by atoms with Crippen molar-refractivity contribution in [2.75, 3.05) is 0 Å². The van der Waals surface area contributed by atoms with Crippen LogP contribution >= 0.6 is 0 Å². The zero-order valence-electron chi connectivity index (χ0n) is 10.3. The van der Waals surface area contributed by atoms with E-state index in [-0.39, 0.29) is 0 Å². The van der Waals surface area contributed by atoms with Crippen molar-refractivity contribution in [1.29, 1.82) is 0 Å². The van der Waals surface area contributed by atoms with E-state index in [4.69, 9.17) is 5.11 Å². The predicted octanol–water partition coefficient (Wildman–Crippen LogP) is 1.57. The average molecular weight is 218 g/mol. The molecule has 0 spiro atoms. The first-order valence-electron chi connectivity index (χ1n) is 5.39. The van der Waals surface area contributed by atoms with Crippen LogP contribution in [0.15, 0.2) is 12.3 Å². The molecule has 0 unspecified atom stereocenters. The molecule has 0 bridgehead atoms. The molecule has 0 saturated heterocycles. The molecule has 3 heteroatoms. The van der Waals surface area contributed by atoms with Crippen molar-refractivity contribution in [3.05, 3.63) is 28.5 Å². The lowest BCUT2D eigenvalue weighted by atomic mass is 10.1. The Labute approximate surface area is 95.7 Å². The van der Waals surface area contributed by atoms with Gasteiger partial charge in [0.2, 0.25) is 0 Å². The van der Waals surface area contributed by atoms with Crippen LogP contribution in [-0.4, -0.2) is 14.7 Å². The minimum absolute atomic E-state index is 0.583. The maximum Gasteiger partial charge on any atom is 0.105 e. The first kappa shape index (κ1) is 12.3. The Balaban J connectivity index is 0.000000606. The Bertz CT molecular complexity index is 554. The van der Waals surface area contributed by atoms with E-state index in [1.54, 1.807) is 0 Å². The van der Waals surface area contributed by atoms with Gasteiger partial charge in [-0.1, -0.05) is 20.4 Å². The highest BCUT2D eigenvalue weighted by Gasteiger charge is 2.10. The third-order valence-corrected chi connectivity index (χ3v) is 2.43. The number of aryl methyl sites for hydroxylation is 2. The molecule has 0 aliphatic carbocycles. The van der Waals surface area contributed by atoms with Crippen LogP contribution in [0.4, 0.5) is 0 Å². The highest BCUT2D eigenvalue weighted by atomic mass is 16.2. The van der Waals surface area contributed by atoms with Crippen LogP contribution in [-0.2, 0) is 7.05 Å². The summed E-state index contributed by atoms with van der Waals surface area (Å²) < 4.78 is 1.94. The number of hydrogen-bond acceptors (Lipinski definition) is 2. The van der Waals surface area contributed by atoms with Crippen molar-refractivity contribution in [3.63, 3.8) is 0 Å². The Kier molecular flexibility index (Phi) is 3.72. The monoisotopic (exact) mass is 218 g/mol. The van der Waals surface area contributed by atoms with Crippen molar-refractivity contribution in [1.82, 2.24) is 9.55 Å². The van der Waals surface area contributed by atoms with Crippen molar-refractivity contribution < 1.29 is 5.11 Å². The summed E-state index contributed by atoms with van der Waals surface area (Å²) in [6.07, 6.45) is 3.02. The summed E-state index contributed by atoms with van der Waals surface area (Å²) in [7, 11) is 1.94. The number of nitrogens with zero attached hydrogens (tertiary/aromatic N) is 2. The zero-order chi connectivity index (χ0) is 12.3. The van der Waals surface area contributed by atoms with E-state index >= 15 is 0 Å². The molecular formula is C13H18N2O. The van der Waals surface area contributed by atoms with Crippen molar-refractivity contribution in [2.45, 2.75) is 20.8 Å². The first-order valence-corrected chi connectivity index (χ1v) is 5.39. The maximum absolute atomic E-state index is 8.88. The lowest BCUT2D eigenvalue weighted by molar-refractivity contribution is 0.538. The SMILES string of the molecule is C=c1c2n/c(=C/O)cc-2c(C)cn1C.CC. The van der Waals surface area contributed by atoms with E-state index in [1.165, 1.54) is 0 Å². The predicted molar refractivity (Wildman–Crippen MR) is 67.8 cm³/mol. The molecule has 2 heterocycles. The molecule has 0 fully saturated rings.